The second-order valence-electron chi connectivity index (χ2n) is 6.03. The average molecular weight is 396 g/mol. The van der Waals surface area contributed by atoms with Gasteiger partial charge in [0.2, 0.25) is 0 Å². The lowest BCUT2D eigenvalue weighted by atomic mass is 9.88. The van der Waals surface area contributed by atoms with Crippen LogP contribution < -0.4 is 5.32 Å². The predicted octanol–water partition coefficient (Wildman–Crippen LogP) is 4.48. The van der Waals surface area contributed by atoms with E-state index >= 15 is 0 Å². The summed E-state index contributed by atoms with van der Waals surface area (Å²) in [6, 6.07) is 9.84. The minimum atomic E-state index is -0.884. The molecule has 2 aromatic rings. The van der Waals surface area contributed by atoms with E-state index in [1.807, 2.05) is 24.3 Å². The number of carbonyl (C=O) groups is 2. The number of amides is 1. The molecule has 0 radical (unpaired) electrons. The number of fused-ring (bicyclic) bond motifs is 1. The van der Waals surface area contributed by atoms with Crippen LogP contribution in [0.15, 0.2) is 36.4 Å². The average Bonchev–Trinajstić information content (AvgIpc) is 2.63. The number of halogens is 3. The molecule has 1 atom stereocenters. The van der Waals surface area contributed by atoms with E-state index in [1.54, 1.807) is 0 Å². The van der Waals surface area contributed by atoms with Gasteiger partial charge in [-0.25, -0.2) is 9.18 Å². The fourth-order valence-corrected chi connectivity index (χ4v) is 3.49. The highest BCUT2D eigenvalue weighted by atomic mass is 35.5. The van der Waals surface area contributed by atoms with Gasteiger partial charge >= 0.3 is 5.97 Å². The Morgan fingerprint density at radius 3 is 2.77 bits per heavy atom. The third-order valence-electron chi connectivity index (χ3n) is 4.27. The van der Waals surface area contributed by atoms with Crippen molar-refractivity contribution in [2.24, 2.45) is 0 Å². The van der Waals surface area contributed by atoms with Crippen LogP contribution in [0.1, 0.15) is 40.4 Å². The molecule has 0 aromatic heterocycles. The van der Waals surface area contributed by atoms with Gasteiger partial charge in [-0.3, -0.25) is 4.79 Å². The molecular formula is C19H16Cl2FNO3. The molecule has 0 aliphatic heterocycles. The first-order chi connectivity index (χ1) is 12.5. The second kappa shape index (κ2) is 8.06. The van der Waals surface area contributed by atoms with Crippen molar-refractivity contribution in [3.8, 4) is 0 Å². The maximum absolute atomic E-state index is 13.5. The first-order valence-corrected chi connectivity index (χ1v) is 8.90. The Hall–Kier alpha value is -2.11. The number of ether oxygens (including phenoxy) is 1. The topological polar surface area (TPSA) is 55.4 Å². The third-order valence-corrected chi connectivity index (χ3v) is 4.87. The van der Waals surface area contributed by atoms with Crippen molar-refractivity contribution >= 4 is 35.1 Å². The van der Waals surface area contributed by atoms with E-state index in [0.717, 1.165) is 37.0 Å². The Morgan fingerprint density at radius 1 is 1.19 bits per heavy atom. The highest BCUT2D eigenvalue weighted by molar-refractivity contribution is 6.36. The molecule has 3 rings (SSSR count). The molecule has 1 aliphatic rings. The maximum atomic E-state index is 13.5. The molecular weight excluding hydrogens is 380 g/mol. The van der Waals surface area contributed by atoms with E-state index < -0.39 is 24.3 Å². The SMILES string of the molecule is O=C(COC(=O)c1cc(F)c(Cl)cc1Cl)N[C@H]1CCCc2ccccc21. The number of carbonyl (C=O) groups excluding carboxylic acids is 2. The van der Waals surface area contributed by atoms with Crippen LogP contribution in [0.25, 0.3) is 0 Å². The molecule has 0 heterocycles. The molecule has 0 unspecified atom stereocenters. The lowest BCUT2D eigenvalue weighted by molar-refractivity contribution is -0.125. The number of benzene rings is 2. The molecule has 1 aliphatic carbocycles. The molecule has 2 aromatic carbocycles. The van der Waals surface area contributed by atoms with Crippen LogP contribution in [0.3, 0.4) is 0 Å². The lowest BCUT2D eigenvalue weighted by Crippen LogP contribution is -2.34. The minimum absolute atomic E-state index is 0.0389. The number of rotatable bonds is 4. The van der Waals surface area contributed by atoms with Crippen molar-refractivity contribution in [1.82, 2.24) is 5.32 Å². The maximum Gasteiger partial charge on any atom is 0.340 e. The summed E-state index contributed by atoms with van der Waals surface area (Å²) in [5, 5.41) is 2.64. The molecule has 7 heteroatoms. The predicted molar refractivity (Wildman–Crippen MR) is 97.0 cm³/mol. The highest BCUT2D eigenvalue weighted by Crippen LogP contribution is 2.29. The standard InChI is InChI=1S/C19H16Cl2FNO3/c20-14-9-15(21)16(22)8-13(14)19(25)26-10-18(24)23-17-7-3-5-11-4-1-2-6-12(11)17/h1-2,4,6,8-9,17H,3,5,7,10H2,(H,23,24)/t17-/m0/s1. The van der Waals surface area contributed by atoms with Crippen LogP contribution in [-0.2, 0) is 16.0 Å². The molecule has 1 N–H and O–H groups in total. The van der Waals surface area contributed by atoms with Crippen molar-refractivity contribution in [1.29, 1.82) is 0 Å². The minimum Gasteiger partial charge on any atom is -0.452 e. The van der Waals surface area contributed by atoms with Crippen LogP contribution in [0.4, 0.5) is 4.39 Å². The monoisotopic (exact) mass is 395 g/mol. The van der Waals surface area contributed by atoms with Gasteiger partial charge in [0.25, 0.3) is 5.91 Å². The van der Waals surface area contributed by atoms with Gasteiger partial charge in [-0.15, -0.1) is 0 Å². The number of hydrogen-bond acceptors (Lipinski definition) is 3. The van der Waals surface area contributed by atoms with Crippen molar-refractivity contribution in [2.45, 2.75) is 25.3 Å². The zero-order chi connectivity index (χ0) is 18.7. The molecule has 4 nitrogen and oxygen atoms in total. The summed E-state index contributed by atoms with van der Waals surface area (Å²) in [4.78, 5) is 24.2. The van der Waals surface area contributed by atoms with E-state index in [4.69, 9.17) is 27.9 Å². The Bertz CT molecular complexity index is 857. The van der Waals surface area contributed by atoms with Crippen molar-refractivity contribution in [3.63, 3.8) is 0 Å². The molecule has 26 heavy (non-hydrogen) atoms. The van der Waals surface area contributed by atoms with Gasteiger partial charge in [-0.2, -0.15) is 0 Å². The van der Waals surface area contributed by atoms with E-state index in [1.165, 1.54) is 5.56 Å². The van der Waals surface area contributed by atoms with Crippen LogP contribution >= 0.6 is 23.2 Å². The van der Waals surface area contributed by atoms with Crippen LogP contribution in [0.2, 0.25) is 10.0 Å². The Morgan fingerprint density at radius 2 is 1.96 bits per heavy atom. The Labute approximate surface area is 160 Å². The van der Waals surface area contributed by atoms with Gasteiger partial charge in [0.05, 0.1) is 21.7 Å². The second-order valence-corrected chi connectivity index (χ2v) is 6.85. The third kappa shape index (κ3) is 4.17. The van der Waals surface area contributed by atoms with Gasteiger partial charge in [-0.05, 0) is 42.5 Å². The Kier molecular flexibility index (Phi) is 5.79. The van der Waals surface area contributed by atoms with Crippen molar-refractivity contribution in [3.05, 3.63) is 69.0 Å². The van der Waals surface area contributed by atoms with Gasteiger partial charge < -0.3 is 10.1 Å². The van der Waals surface area contributed by atoms with E-state index in [0.29, 0.717) is 0 Å². The summed E-state index contributed by atoms with van der Waals surface area (Å²) < 4.78 is 18.4. The summed E-state index contributed by atoms with van der Waals surface area (Å²) in [6.45, 7) is -0.474. The summed E-state index contributed by atoms with van der Waals surface area (Å²) in [5.74, 6) is -2.10. The van der Waals surface area contributed by atoms with Crippen molar-refractivity contribution < 1.29 is 18.7 Å². The fraction of sp³-hybridized carbons (Fsp3) is 0.263. The van der Waals surface area contributed by atoms with E-state index in [2.05, 4.69) is 5.32 Å². The fourth-order valence-electron chi connectivity index (χ4n) is 3.03. The van der Waals surface area contributed by atoms with E-state index in [9.17, 15) is 14.0 Å². The molecule has 0 bridgehead atoms. The lowest BCUT2D eigenvalue weighted by Gasteiger charge is -2.26. The quantitative estimate of drug-likeness (QED) is 0.612. The van der Waals surface area contributed by atoms with Gasteiger partial charge in [0.15, 0.2) is 6.61 Å². The zero-order valence-corrected chi connectivity index (χ0v) is 15.2. The summed E-state index contributed by atoms with van der Waals surface area (Å²) in [6.07, 6.45) is 2.78. The van der Waals surface area contributed by atoms with Crippen molar-refractivity contribution in [2.75, 3.05) is 6.61 Å². The number of nitrogens with one attached hydrogen (secondary N) is 1. The molecule has 136 valence electrons. The first-order valence-electron chi connectivity index (χ1n) is 8.14. The highest BCUT2D eigenvalue weighted by Gasteiger charge is 2.22. The van der Waals surface area contributed by atoms with Crippen LogP contribution in [0, 0.1) is 5.82 Å². The smallest absolute Gasteiger partial charge is 0.340 e. The first kappa shape index (κ1) is 18.7. The normalized spacial score (nSPS) is 15.9. The molecule has 0 fully saturated rings. The number of aryl methyl sites for hydroxylation is 1. The van der Waals surface area contributed by atoms with Crippen LogP contribution in [-0.4, -0.2) is 18.5 Å². The summed E-state index contributed by atoms with van der Waals surface area (Å²) in [5.41, 5.74) is 2.12. The van der Waals surface area contributed by atoms with Crippen LogP contribution in [0.5, 0.6) is 0 Å². The summed E-state index contributed by atoms with van der Waals surface area (Å²) >= 11 is 11.5. The number of esters is 1. The molecule has 0 saturated carbocycles. The largest absolute Gasteiger partial charge is 0.452 e. The van der Waals surface area contributed by atoms with E-state index in [-0.39, 0.29) is 21.7 Å². The molecule has 0 spiro atoms. The summed E-state index contributed by atoms with van der Waals surface area (Å²) in [7, 11) is 0. The van der Waals surface area contributed by atoms with Gasteiger partial charge in [0.1, 0.15) is 5.82 Å². The van der Waals surface area contributed by atoms with Gasteiger partial charge in [0, 0.05) is 0 Å². The molecule has 1 amide bonds. The number of hydrogen-bond donors (Lipinski definition) is 1. The van der Waals surface area contributed by atoms with Gasteiger partial charge in [-0.1, -0.05) is 47.5 Å². The molecule has 0 saturated heterocycles. The Balaban J connectivity index is 1.60. The zero-order valence-electron chi connectivity index (χ0n) is 13.7.